The summed E-state index contributed by atoms with van der Waals surface area (Å²) >= 11 is -1.63. The Bertz CT molecular complexity index is 1710. The molecule has 3 heterocycles. The molecular formula is C37H50N6O9S. The second-order valence-electron chi connectivity index (χ2n) is 14.2. The fourth-order valence-electron chi connectivity index (χ4n) is 4.99. The zero-order valence-electron chi connectivity index (χ0n) is 31.4. The van der Waals surface area contributed by atoms with Gasteiger partial charge in [0, 0.05) is 18.2 Å². The molecule has 1 atom stereocenters. The average Bonchev–Trinajstić information content (AvgIpc) is 3.07. The molecule has 2 aliphatic rings. The van der Waals surface area contributed by atoms with Gasteiger partial charge in [-0.05, 0) is 71.9 Å². The third kappa shape index (κ3) is 12.9. The van der Waals surface area contributed by atoms with Gasteiger partial charge < -0.3 is 44.2 Å². The third-order valence-electron chi connectivity index (χ3n) is 7.38. The maximum Gasteiger partial charge on any atom is 0.410 e. The summed E-state index contributed by atoms with van der Waals surface area (Å²) in [4.78, 5) is 49.6. The van der Waals surface area contributed by atoms with Crippen LogP contribution in [0, 0.1) is 0 Å². The SMILES string of the molecule is CN(Cc1cccc2c1OCCOCCOCCN(CCC(=O)OC(C)(C)C)[S+]([O-])c1ccc(cc1)-c1cnc(N)c(n1)C(=O)N2)C(=O)OC(C)(C)C. The third-order valence-corrected chi connectivity index (χ3v) is 8.89. The van der Waals surface area contributed by atoms with Gasteiger partial charge in [-0.15, -0.1) is 4.31 Å². The van der Waals surface area contributed by atoms with Gasteiger partial charge in [-0.1, -0.05) is 12.1 Å². The molecule has 2 amide bonds. The molecule has 0 spiro atoms. The van der Waals surface area contributed by atoms with Crippen molar-refractivity contribution in [1.82, 2.24) is 19.2 Å². The molecule has 3 N–H and O–H groups in total. The Labute approximate surface area is 313 Å². The minimum atomic E-state index is -1.63. The highest BCUT2D eigenvalue weighted by Gasteiger charge is 2.26. The maximum atomic E-state index is 13.7. The van der Waals surface area contributed by atoms with Gasteiger partial charge in [0.2, 0.25) is 0 Å². The topological polar surface area (TPSA) is 191 Å². The van der Waals surface area contributed by atoms with E-state index < -0.39 is 40.5 Å². The fourth-order valence-corrected chi connectivity index (χ4v) is 6.16. The maximum absolute atomic E-state index is 13.7. The highest BCUT2D eigenvalue weighted by molar-refractivity contribution is 7.89. The highest BCUT2D eigenvalue weighted by Crippen LogP contribution is 2.32. The van der Waals surface area contributed by atoms with Crippen LogP contribution in [0.4, 0.5) is 16.3 Å². The number of carbonyl (C=O) groups excluding carboxylic acids is 3. The Kier molecular flexibility index (Phi) is 14.4. The summed E-state index contributed by atoms with van der Waals surface area (Å²) in [5.41, 5.74) is 6.60. The van der Waals surface area contributed by atoms with E-state index in [-0.39, 0.29) is 70.6 Å². The summed E-state index contributed by atoms with van der Waals surface area (Å²) in [6, 6.07) is 12.0. The normalized spacial score (nSPS) is 16.6. The van der Waals surface area contributed by atoms with Crippen LogP contribution in [0.15, 0.2) is 53.6 Å². The van der Waals surface area contributed by atoms with Gasteiger partial charge in [-0.2, -0.15) is 0 Å². The smallest absolute Gasteiger partial charge is 0.410 e. The van der Waals surface area contributed by atoms with Crippen LogP contribution in [-0.2, 0) is 41.6 Å². The van der Waals surface area contributed by atoms with E-state index in [2.05, 4.69) is 15.3 Å². The number of anilines is 2. The van der Waals surface area contributed by atoms with Crippen molar-refractivity contribution in [3.8, 4) is 17.0 Å². The summed E-state index contributed by atoms with van der Waals surface area (Å²) in [6.45, 7) is 12.4. The molecule has 0 fully saturated rings. The van der Waals surface area contributed by atoms with Gasteiger partial charge in [-0.3, -0.25) is 9.59 Å². The molecule has 3 aromatic rings. The van der Waals surface area contributed by atoms with Crippen molar-refractivity contribution in [2.24, 2.45) is 0 Å². The summed E-state index contributed by atoms with van der Waals surface area (Å²) in [6.07, 6.45) is 0.965. The number of nitrogen functional groups attached to an aromatic ring is 1. The molecule has 4 bridgehead atoms. The number of para-hydroxylation sites is 1. The van der Waals surface area contributed by atoms with Crippen molar-refractivity contribution < 1.29 is 42.6 Å². The van der Waals surface area contributed by atoms with Gasteiger partial charge in [0.05, 0.1) is 81.4 Å². The van der Waals surface area contributed by atoms with Gasteiger partial charge in [0.1, 0.15) is 23.6 Å². The largest absolute Gasteiger partial charge is 0.593 e. The van der Waals surface area contributed by atoms with Crippen LogP contribution in [0.1, 0.15) is 64.0 Å². The Morgan fingerprint density at radius 2 is 1.64 bits per heavy atom. The average molecular weight is 755 g/mol. The summed E-state index contributed by atoms with van der Waals surface area (Å²) < 4.78 is 44.0. The molecule has 53 heavy (non-hydrogen) atoms. The molecular weight excluding hydrogens is 705 g/mol. The lowest BCUT2D eigenvalue weighted by Crippen LogP contribution is -2.37. The monoisotopic (exact) mass is 754 g/mol. The van der Waals surface area contributed by atoms with Crippen LogP contribution in [0.5, 0.6) is 5.75 Å². The van der Waals surface area contributed by atoms with E-state index in [0.29, 0.717) is 33.2 Å². The Balaban J connectivity index is 1.61. The number of fused-ring (bicyclic) bond motifs is 13. The number of hydrogen-bond donors (Lipinski definition) is 2. The molecule has 0 aliphatic carbocycles. The van der Waals surface area contributed by atoms with Crippen molar-refractivity contribution in [3.63, 3.8) is 0 Å². The number of nitrogens with two attached hydrogens (primary N) is 1. The molecule has 288 valence electrons. The molecule has 0 saturated heterocycles. The predicted molar refractivity (Wildman–Crippen MR) is 200 cm³/mol. The van der Waals surface area contributed by atoms with Crippen LogP contribution in [0.2, 0.25) is 0 Å². The van der Waals surface area contributed by atoms with Crippen LogP contribution in [0.25, 0.3) is 11.3 Å². The lowest BCUT2D eigenvalue weighted by atomic mass is 10.1. The number of rotatable bonds is 5. The van der Waals surface area contributed by atoms with Crippen molar-refractivity contribution in [3.05, 3.63) is 59.9 Å². The predicted octanol–water partition coefficient (Wildman–Crippen LogP) is 4.83. The number of carbonyl (C=O) groups is 3. The Morgan fingerprint density at radius 1 is 0.981 bits per heavy atom. The molecule has 0 saturated carbocycles. The minimum Gasteiger partial charge on any atom is -0.593 e. The van der Waals surface area contributed by atoms with Crippen LogP contribution in [-0.4, -0.2) is 106 Å². The van der Waals surface area contributed by atoms with Crippen LogP contribution < -0.4 is 15.8 Å². The quantitative estimate of drug-likeness (QED) is 0.205. The summed E-state index contributed by atoms with van der Waals surface area (Å²) in [5, 5.41) is 2.84. The lowest BCUT2D eigenvalue weighted by Gasteiger charge is -2.25. The number of hydrogen-bond acceptors (Lipinski definition) is 13. The fraction of sp³-hybridized carbons (Fsp3) is 0.486. The number of aromatic nitrogens is 2. The summed E-state index contributed by atoms with van der Waals surface area (Å²) in [7, 11) is 1.61. The van der Waals surface area contributed by atoms with Crippen molar-refractivity contribution in [2.45, 2.75) is 70.6 Å². The van der Waals surface area contributed by atoms with Gasteiger partial charge in [0.25, 0.3) is 5.91 Å². The Hall–Kier alpha value is -4.48. The molecule has 0 radical (unpaired) electrons. The van der Waals surface area contributed by atoms with Crippen molar-refractivity contribution in [2.75, 3.05) is 64.2 Å². The van der Waals surface area contributed by atoms with Crippen LogP contribution >= 0.6 is 0 Å². The number of esters is 1. The molecule has 16 heteroatoms. The van der Waals surface area contributed by atoms with E-state index in [0.717, 1.165) is 0 Å². The summed E-state index contributed by atoms with van der Waals surface area (Å²) in [5.74, 6) is -0.784. The number of nitrogens with zero attached hydrogens (tertiary/aromatic N) is 4. The second-order valence-corrected chi connectivity index (χ2v) is 15.7. The molecule has 1 unspecified atom stereocenters. The van der Waals surface area contributed by atoms with E-state index in [1.807, 2.05) is 0 Å². The van der Waals surface area contributed by atoms with E-state index >= 15 is 0 Å². The minimum absolute atomic E-state index is 0.0399. The lowest BCUT2D eigenvalue weighted by molar-refractivity contribution is -0.154. The first-order valence-electron chi connectivity index (χ1n) is 17.3. The second kappa shape index (κ2) is 18.5. The van der Waals surface area contributed by atoms with Gasteiger partial charge in [0.15, 0.2) is 16.4 Å². The zero-order chi connectivity index (χ0) is 38.8. The zero-order valence-corrected chi connectivity index (χ0v) is 32.2. The van der Waals surface area contributed by atoms with E-state index in [1.165, 1.54) is 11.1 Å². The first kappa shape index (κ1) is 41.3. The van der Waals surface area contributed by atoms with E-state index in [9.17, 15) is 18.9 Å². The molecule has 2 aliphatic heterocycles. The standard InChI is InChI=1S/C37H50N6O9S/c1-36(2,3)51-30(44)15-16-43-17-18-48-19-20-49-21-22-50-32-26(24-42(7)35(46)52-37(4,5)6)9-8-10-28(32)41-34(45)31-33(38)39-23-29(40-31)25-11-13-27(14-12-25)53(43)47/h8-14,23H,15-22,24H2,1-7H3,(H2,38,39)(H,41,45). The van der Waals surface area contributed by atoms with Gasteiger partial charge in [-0.25, -0.2) is 14.8 Å². The van der Waals surface area contributed by atoms with Gasteiger partial charge >= 0.3 is 12.1 Å². The van der Waals surface area contributed by atoms with E-state index in [4.69, 9.17) is 29.4 Å². The molecule has 1 aromatic heterocycles. The van der Waals surface area contributed by atoms with Crippen molar-refractivity contribution in [1.29, 1.82) is 0 Å². The van der Waals surface area contributed by atoms with Crippen LogP contribution in [0.3, 0.4) is 0 Å². The first-order valence-corrected chi connectivity index (χ1v) is 18.4. The number of nitrogens with one attached hydrogen (secondary N) is 1. The molecule has 5 rings (SSSR count). The number of benzene rings is 2. The van der Waals surface area contributed by atoms with E-state index in [1.54, 1.807) is 95.4 Å². The Morgan fingerprint density at radius 3 is 2.32 bits per heavy atom. The van der Waals surface area contributed by atoms with Crippen molar-refractivity contribution >= 4 is 40.8 Å². The number of ether oxygens (including phenoxy) is 5. The highest BCUT2D eigenvalue weighted by atomic mass is 32.2. The number of amides is 2. The first-order chi connectivity index (χ1) is 25.0. The molecule has 15 nitrogen and oxygen atoms in total. The molecule has 2 aromatic carbocycles.